The molecule has 2 heterocycles. The summed E-state index contributed by atoms with van der Waals surface area (Å²) in [7, 11) is 0. The van der Waals surface area contributed by atoms with Crippen molar-refractivity contribution in [1.29, 1.82) is 0 Å². The number of pyridine rings is 1. The summed E-state index contributed by atoms with van der Waals surface area (Å²) in [6.07, 6.45) is 3.45. The number of thioether (sulfide) groups is 1. The maximum Gasteiger partial charge on any atom is 0.416 e. The first-order chi connectivity index (χ1) is 16.1. The van der Waals surface area contributed by atoms with Crippen LogP contribution in [0.5, 0.6) is 0 Å². The summed E-state index contributed by atoms with van der Waals surface area (Å²) in [6, 6.07) is 6.68. The van der Waals surface area contributed by atoms with Crippen molar-refractivity contribution in [3.8, 4) is 5.69 Å². The fraction of sp³-hybridized carbons (Fsp3) is 0.292. The molecule has 0 saturated carbocycles. The van der Waals surface area contributed by atoms with Gasteiger partial charge in [-0.1, -0.05) is 6.08 Å². The molecule has 0 bridgehead atoms. The lowest BCUT2D eigenvalue weighted by molar-refractivity contribution is -0.147. The highest BCUT2D eigenvalue weighted by atomic mass is 32.2. The summed E-state index contributed by atoms with van der Waals surface area (Å²) in [5.41, 5.74) is 1.60. The number of nitrogens with zero attached hydrogens (tertiary/aromatic N) is 3. The quantitative estimate of drug-likeness (QED) is 0.454. The summed E-state index contributed by atoms with van der Waals surface area (Å²) in [4.78, 5) is 16.1. The third-order valence-electron chi connectivity index (χ3n) is 5.77. The van der Waals surface area contributed by atoms with E-state index >= 15 is 0 Å². The lowest BCUT2D eigenvalue weighted by atomic mass is 9.89. The second-order valence-electron chi connectivity index (χ2n) is 8.14. The van der Waals surface area contributed by atoms with Crippen LogP contribution in [0.3, 0.4) is 0 Å². The number of carboxylic acids is 1. The molecule has 0 fully saturated rings. The number of halogens is 3. The summed E-state index contributed by atoms with van der Waals surface area (Å²) in [6.45, 7) is 3.41. The second kappa shape index (κ2) is 9.27. The average Bonchev–Trinajstić information content (AvgIpc) is 3.17. The molecule has 3 aromatic rings. The van der Waals surface area contributed by atoms with E-state index in [1.165, 1.54) is 12.1 Å². The Kier molecular flexibility index (Phi) is 6.55. The van der Waals surface area contributed by atoms with E-state index in [0.29, 0.717) is 17.9 Å². The van der Waals surface area contributed by atoms with Gasteiger partial charge < -0.3 is 9.84 Å². The lowest BCUT2D eigenvalue weighted by Gasteiger charge is -2.32. The van der Waals surface area contributed by atoms with E-state index in [0.717, 1.165) is 39.2 Å². The van der Waals surface area contributed by atoms with Crippen molar-refractivity contribution < 1.29 is 27.8 Å². The molecule has 1 unspecified atom stereocenters. The van der Waals surface area contributed by atoms with E-state index in [9.17, 15) is 18.0 Å². The maximum absolute atomic E-state index is 12.9. The van der Waals surface area contributed by atoms with Gasteiger partial charge in [0.1, 0.15) is 6.61 Å². The Morgan fingerprint density at radius 1 is 1.26 bits per heavy atom. The number of benzene rings is 1. The third-order valence-corrected chi connectivity index (χ3v) is 6.81. The molecular weight excluding hydrogens is 467 g/mol. The molecule has 0 amide bonds. The molecule has 6 nitrogen and oxygen atoms in total. The van der Waals surface area contributed by atoms with Crippen LogP contribution in [0.2, 0.25) is 0 Å². The predicted molar refractivity (Wildman–Crippen MR) is 124 cm³/mol. The Balaban J connectivity index is 1.54. The topological polar surface area (TPSA) is 77.2 Å². The molecule has 1 aliphatic carbocycles. The first-order valence-corrected chi connectivity index (χ1v) is 11.4. The minimum absolute atomic E-state index is 0.363. The van der Waals surface area contributed by atoms with Crippen LogP contribution >= 0.6 is 11.8 Å². The van der Waals surface area contributed by atoms with Crippen LogP contribution in [0.1, 0.15) is 31.5 Å². The second-order valence-corrected chi connectivity index (χ2v) is 9.18. The van der Waals surface area contributed by atoms with E-state index in [2.05, 4.69) is 10.1 Å². The molecular formula is C24H22F3N3O3S. The first kappa shape index (κ1) is 24.0. The summed E-state index contributed by atoms with van der Waals surface area (Å²) in [5.74, 6) is -0.486. The fourth-order valence-electron chi connectivity index (χ4n) is 3.65. The van der Waals surface area contributed by atoms with Gasteiger partial charge in [0.2, 0.25) is 0 Å². The van der Waals surface area contributed by atoms with Crippen LogP contribution in [-0.4, -0.2) is 38.0 Å². The lowest BCUT2D eigenvalue weighted by Crippen LogP contribution is -2.33. The largest absolute Gasteiger partial charge is 0.480 e. The smallest absolute Gasteiger partial charge is 0.416 e. The zero-order valence-corrected chi connectivity index (χ0v) is 19.3. The number of alkyl halides is 3. The molecule has 1 N–H and O–H groups in total. The number of hydrogen-bond donors (Lipinski definition) is 1. The Bertz CT molecular complexity index is 1280. The van der Waals surface area contributed by atoms with Crippen molar-refractivity contribution in [1.82, 2.24) is 14.8 Å². The van der Waals surface area contributed by atoms with Gasteiger partial charge in [0.15, 0.2) is 0 Å². The minimum atomic E-state index is -4.40. The zero-order chi connectivity index (χ0) is 24.5. The molecule has 10 heteroatoms. The van der Waals surface area contributed by atoms with Gasteiger partial charge in [0.25, 0.3) is 0 Å². The molecule has 1 atom stereocenters. The molecule has 2 aromatic heterocycles. The van der Waals surface area contributed by atoms with E-state index in [-0.39, 0.29) is 6.61 Å². The van der Waals surface area contributed by atoms with Crippen LogP contribution in [0, 0.1) is 0 Å². The Labute approximate surface area is 198 Å². The molecule has 178 valence electrons. The van der Waals surface area contributed by atoms with Crippen molar-refractivity contribution in [3.63, 3.8) is 0 Å². The van der Waals surface area contributed by atoms with Crippen LogP contribution in [0.15, 0.2) is 65.4 Å². The van der Waals surface area contributed by atoms with Crippen LogP contribution in [0.25, 0.3) is 16.6 Å². The Morgan fingerprint density at radius 2 is 2.00 bits per heavy atom. The zero-order valence-electron chi connectivity index (χ0n) is 18.5. The molecule has 0 radical (unpaired) electrons. The predicted octanol–water partition coefficient (Wildman–Crippen LogP) is 5.77. The van der Waals surface area contributed by atoms with Crippen LogP contribution in [-0.2, 0) is 21.5 Å². The molecule has 34 heavy (non-hydrogen) atoms. The fourth-order valence-corrected chi connectivity index (χ4v) is 4.62. The van der Waals surface area contributed by atoms with Gasteiger partial charge in [0.05, 0.1) is 28.1 Å². The van der Waals surface area contributed by atoms with Crippen molar-refractivity contribution in [2.75, 3.05) is 6.61 Å². The van der Waals surface area contributed by atoms with Gasteiger partial charge in [-0.25, -0.2) is 9.48 Å². The number of allylic oxidation sites excluding steroid dienone is 1. The SMILES string of the molecule is CC1=CC(SCc2nn(-c3ccc(C(F)(F)F)cc3)c3ccncc23)=CCC1(C)OCC(=O)O. The van der Waals surface area contributed by atoms with Gasteiger partial charge in [0, 0.05) is 28.4 Å². The van der Waals surface area contributed by atoms with Crippen molar-refractivity contribution in [2.45, 2.75) is 37.8 Å². The van der Waals surface area contributed by atoms with E-state index in [1.807, 2.05) is 26.0 Å². The maximum atomic E-state index is 12.9. The van der Waals surface area contributed by atoms with E-state index in [4.69, 9.17) is 9.84 Å². The highest BCUT2D eigenvalue weighted by Crippen LogP contribution is 2.37. The number of carbonyl (C=O) groups is 1. The number of rotatable bonds is 7. The summed E-state index contributed by atoms with van der Waals surface area (Å²) in [5, 5.41) is 14.4. The van der Waals surface area contributed by atoms with Crippen molar-refractivity contribution >= 4 is 28.6 Å². The third kappa shape index (κ3) is 5.02. The Hall–Kier alpha value is -3.11. The number of fused-ring (bicyclic) bond motifs is 1. The number of hydrogen-bond acceptors (Lipinski definition) is 5. The normalized spacial score (nSPS) is 18.6. The highest BCUT2D eigenvalue weighted by molar-refractivity contribution is 8.02. The van der Waals surface area contributed by atoms with E-state index in [1.54, 1.807) is 34.9 Å². The van der Waals surface area contributed by atoms with Gasteiger partial charge in [-0.15, -0.1) is 11.8 Å². The first-order valence-electron chi connectivity index (χ1n) is 10.4. The number of aromatic nitrogens is 3. The standard InChI is InChI=1S/C24H22F3N3O3S/c1-15-11-18(7-9-23(15,2)33-13-22(31)32)34-14-20-19-12-28-10-8-21(19)30(29-20)17-5-3-16(4-6-17)24(25,26)27/h3-8,10-12H,9,13-14H2,1-2H3,(H,31,32). The van der Waals surface area contributed by atoms with Gasteiger partial charge >= 0.3 is 12.1 Å². The molecule has 1 aliphatic rings. The number of ether oxygens (including phenoxy) is 1. The van der Waals surface area contributed by atoms with Gasteiger partial charge in [-0.05, 0) is 62.2 Å². The monoisotopic (exact) mass is 489 g/mol. The molecule has 0 aliphatic heterocycles. The van der Waals surface area contributed by atoms with Gasteiger partial charge in [-0.2, -0.15) is 18.3 Å². The highest BCUT2D eigenvalue weighted by Gasteiger charge is 2.31. The Morgan fingerprint density at radius 3 is 2.65 bits per heavy atom. The molecule has 1 aromatic carbocycles. The van der Waals surface area contributed by atoms with Crippen LogP contribution in [0.4, 0.5) is 13.2 Å². The van der Waals surface area contributed by atoms with Crippen molar-refractivity contribution in [2.24, 2.45) is 0 Å². The molecule has 0 spiro atoms. The van der Waals surface area contributed by atoms with E-state index < -0.39 is 23.3 Å². The minimum Gasteiger partial charge on any atom is -0.480 e. The molecule has 0 saturated heterocycles. The number of carboxylic acid groups (broad SMARTS) is 1. The van der Waals surface area contributed by atoms with Gasteiger partial charge in [-0.3, -0.25) is 4.98 Å². The molecule has 4 rings (SSSR count). The summed E-state index contributed by atoms with van der Waals surface area (Å²) >= 11 is 1.57. The average molecular weight is 490 g/mol. The van der Waals surface area contributed by atoms with Crippen molar-refractivity contribution in [3.05, 3.63) is 76.6 Å². The van der Waals surface area contributed by atoms with Crippen LogP contribution < -0.4 is 0 Å². The number of aliphatic carboxylic acids is 1. The summed E-state index contributed by atoms with van der Waals surface area (Å²) < 4.78 is 46.0.